The molecule has 1 aromatic carbocycles. The number of aromatic amines is 1. The predicted octanol–water partition coefficient (Wildman–Crippen LogP) is 1.71. The van der Waals surface area contributed by atoms with Crippen molar-refractivity contribution in [3.8, 4) is 0 Å². The molecule has 3 rings (SSSR count). The first-order valence-electron chi connectivity index (χ1n) is 12.0. The highest BCUT2D eigenvalue weighted by molar-refractivity contribution is 5.97. The maximum absolute atomic E-state index is 13.1. The minimum absolute atomic E-state index is 0.0349. The monoisotopic (exact) mass is 511 g/mol. The van der Waals surface area contributed by atoms with E-state index < -0.39 is 29.7 Å². The van der Waals surface area contributed by atoms with E-state index in [0.29, 0.717) is 5.69 Å². The number of carbonyl (C=O) groups excluding carboxylic acids is 2. The number of nitrogen functional groups attached to an aromatic ring is 1. The number of hydrogen-bond donors (Lipinski definition) is 2. The van der Waals surface area contributed by atoms with Gasteiger partial charge in [0.25, 0.3) is 11.5 Å². The van der Waals surface area contributed by atoms with Crippen LogP contribution in [0.3, 0.4) is 0 Å². The van der Waals surface area contributed by atoms with Gasteiger partial charge in [0.15, 0.2) is 12.3 Å². The molecule has 0 radical (unpaired) electrons. The molecule has 11 nitrogen and oxygen atoms in total. The summed E-state index contributed by atoms with van der Waals surface area (Å²) in [6.45, 7) is 7.18. The summed E-state index contributed by atoms with van der Waals surface area (Å²) < 4.78 is 11.6. The van der Waals surface area contributed by atoms with Crippen LogP contribution in [0, 0.1) is 19.8 Å². The number of carbonyl (C=O) groups is 2. The lowest BCUT2D eigenvalue weighted by molar-refractivity contribution is -0.147. The van der Waals surface area contributed by atoms with Crippen LogP contribution < -0.4 is 21.9 Å². The molecule has 0 fully saturated rings. The zero-order chi connectivity index (χ0) is 27.3. The zero-order valence-corrected chi connectivity index (χ0v) is 21.8. The summed E-state index contributed by atoms with van der Waals surface area (Å²) in [5.74, 6) is -1.39. The molecule has 3 aromatic rings. The van der Waals surface area contributed by atoms with Gasteiger partial charge in [-0.2, -0.15) is 0 Å². The molecule has 198 valence electrons. The molecular formula is C26H33N5O6. The van der Waals surface area contributed by atoms with Crippen LogP contribution in [0.15, 0.2) is 33.9 Å². The van der Waals surface area contributed by atoms with Gasteiger partial charge in [-0.05, 0) is 37.0 Å². The van der Waals surface area contributed by atoms with Crippen LogP contribution in [0.2, 0.25) is 0 Å². The van der Waals surface area contributed by atoms with E-state index in [1.165, 1.54) is 11.7 Å². The molecule has 1 amide bonds. The SMILES string of the molecule is COCCN(C(=O)COC(=O)Cc1c(C)nc2ccccc2c1C)c1c(N)n(CC(C)C)c(=O)[nH]c1=O. The molecule has 0 aliphatic heterocycles. The van der Waals surface area contributed by atoms with Gasteiger partial charge >= 0.3 is 11.7 Å². The largest absolute Gasteiger partial charge is 0.455 e. The molecule has 37 heavy (non-hydrogen) atoms. The van der Waals surface area contributed by atoms with Gasteiger partial charge in [-0.3, -0.25) is 33.8 Å². The lowest BCUT2D eigenvalue weighted by Gasteiger charge is -2.24. The van der Waals surface area contributed by atoms with E-state index >= 15 is 0 Å². The number of nitrogens with one attached hydrogen (secondary N) is 1. The average molecular weight is 512 g/mol. The molecule has 0 unspecified atom stereocenters. The van der Waals surface area contributed by atoms with Gasteiger partial charge in [0.05, 0.1) is 18.5 Å². The smallest absolute Gasteiger partial charge is 0.330 e. The number of esters is 1. The van der Waals surface area contributed by atoms with Gasteiger partial charge in [0.2, 0.25) is 0 Å². The van der Waals surface area contributed by atoms with Crippen LogP contribution in [-0.2, 0) is 32.0 Å². The average Bonchev–Trinajstić information content (AvgIpc) is 2.84. The van der Waals surface area contributed by atoms with E-state index in [2.05, 4.69) is 9.97 Å². The predicted molar refractivity (Wildman–Crippen MR) is 141 cm³/mol. The van der Waals surface area contributed by atoms with E-state index in [0.717, 1.165) is 26.9 Å². The van der Waals surface area contributed by atoms with E-state index in [9.17, 15) is 19.2 Å². The Labute approximate surface area is 214 Å². The third kappa shape index (κ3) is 6.23. The summed E-state index contributed by atoms with van der Waals surface area (Å²) in [6, 6.07) is 7.64. The Hall–Kier alpha value is -3.99. The molecule has 0 atom stereocenters. The molecule has 2 heterocycles. The van der Waals surface area contributed by atoms with Gasteiger partial charge in [0, 0.05) is 31.3 Å². The fraction of sp³-hybridized carbons (Fsp3) is 0.423. The number of rotatable bonds is 10. The Bertz CT molecular complexity index is 1430. The highest BCUT2D eigenvalue weighted by Crippen LogP contribution is 2.23. The van der Waals surface area contributed by atoms with Crippen molar-refractivity contribution in [1.82, 2.24) is 14.5 Å². The number of nitrogens with two attached hydrogens (primary N) is 1. The minimum atomic E-state index is -0.813. The van der Waals surface area contributed by atoms with Crippen molar-refractivity contribution in [2.24, 2.45) is 5.92 Å². The molecule has 2 aromatic heterocycles. The number of methoxy groups -OCH3 is 1. The van der Waals surface area contributed by atoms with Crippen molar-refractivity contribution in [2.45, 2.75) is 40.7 Å². The summed E-state index contributed by atoms with van der Waals surface area (Å²) in [5.41, 5.74) is 7.69. The Morgan fingerprint density at radius 2 is 1.89 bits per heavy atom. The van der Waals surface area contributed by atoms with E-state index in [1.807, 2.05) is 52.0 Å². The van der Waals surface area contributed by atoms with Crippen molar-refractivity contribution in [1.29, 1.82) is 0 Å². The molecule has 0 saturated carbocycles. The lowest BCUT2D eigenvalue weighted by Crippen LogP contribution is -2.44. The second kappa shape index (κ2) is 11.8. The Morgan fingerprint density at radius 1 is 1.19 bits per heavy atom. The van der Waals surface area contributed by atoms with Gasteiger partial charge in [-0.15, -0.1) is 0 Å². The fourth-order valence-electron chi connectivity index (χ4n) is 4.17. The second-order valence-electron chi connectivity index (χ2n) is 9.19. The summed E-state index contributed by atoms with van der Waals surface area (Å²) in [4.78, 5) is 58.7. The van der Waals surface area contributed by atoms with Crippen LogP contribution in [-0.4, -0.2) is 53.3 Å². The fourth-order valence-corrected chi connectivity index (χ4v) is 4.17. The zero-order valence-electron chi connectivity index (χ0n) is 21.8. The molecule has 0 bridgehead atoms. The number of ether oxygens (including phenoxy) is 2. The standard InChI is InChI=1S/C26H33N5O6/c1-15(2)13-31-24(27)23(25(34)29-26(31)35)30(10-11-36-5)21(32)14-37-22(33)12-19-16(3)18-8-6-7-9-20(18)28-17(19)4/h6-9,15H,10-14,27H2,1-5H3,(H,29,34,35). The molecule has 0 aliphatic rings. The maximum Gasteiger partial charge on any atom is 0.330 e. The highest BCUT2D eigenvalue weighted by Gasteiger charge is 2.25. The first-order valence-corrected chi connectivity index (χ1v) is 12.0. The summed E-state index contributed by atoms with van der Waals surface area (Å²) >= 11 is 0. The summed E-state index contributed by atoms with van der Waals surface area (Å²) in [6.07, 6.45) is -0.0666. The Balaban J connectivity index is 1.82. The van der Waals surface area contributed by atoms with Crippen molar-refractivity contribution >= 4 is 34.3 Å². The van der Waals surface area contributed by atoms with Crippen molar-refractivity contribution in [2.75, 3.05) is 37.5 Å². The van der Waals surface area contributed by atoms with Gasteiger partial charge in [-0.25, -0.2) is 4.79 Å². The van der Waals surface area contributed by atoms with E-state index in [-0.39, 0.29) is 43.5 Å². The number of fused-ring (bicyclic) bond motifs is 1. The topological polar surface area (TPSA) is 150 Å². The number of hydrogen-bond acceptors (Lipinski definition) is 8. The molecular weight excluding hydrogens is 478 g/mol. The molecule has 11 heteroatoms. The van der Waals surface area contributed by atoms with Crippen LogP contribution in [0.1, 0.15) is 30.7 Å². The highest BCUT2D eigenvalue weighted by atomic mass is 16.5. The summed E-state index contributed by atoms with van der Waals surface area (Å²) in [5, 5.41) is 0.934. The quantitative estimate of drug-likeness (QED) is 0.391. The summed E-state index contributed by atoms with van der Waals surface area (Å²) in [7, 11) is 1.44. The number of para-hydroxylation sites is 1. The van der Waals surface area contributed by atoms with Crippen LogP contribution >= 0.6 is 0 Å². The van der Waals surface area contributed by atoms with Crippen molar-refractivity contribution in [3.05, 3.63) is 61.9 Å². The van der Waals surface area contributed by atoms with E-state index in [1.54, 1.807) is 0 Å². The number of amides is 1. The second-order valence-corrected chi connectivity index (χ2v) is 9.19. The van der Waals surface area contributed by atoms with Gasteiger partial charge in [-0.1, -0.05) is 32.0 Å². The molecule has 3 N–H and O–H groups in total. The molecule has 0 saturated heterocycles. The van der Waals surface area contributed by atoms with Crippen LogP contribution in [0.25, 0.3) is 10.9 Å². The Kier molecular flexibility index (Phi) is 8.82. The third-order valence-corrected chi connectivity index (χ3v) is 6.02. The minimum Gasteiger partial charge on any atom is -0.455 e. The normalized spacial score (nSPS) is 11.2. The number of pyridine rings is 1. The van der Waals surface area contributed by atoms with Crippen molar-refractivity contribution in [3.63, 3.8) is 0 Å². The van der Waals surface area contributed by atoms with Crippen LogP contribution in [0.5, 0.6) is 0 Å². The lowest BCUT2D eigenvalue weighted by atomic mass is 10.00. The van der Waals surface area contributed by atoms with Crippen LogP contribution in [0.4, 0.5) is 11.5 Å². The first-order chi connectivity index (χ1) is 17.5. The number of aryl methyl sites for hydroxylation is 2. The number of benzene rings is 1. The first kappa shape index (κ1) is 27.6. The number of anilines is 2. The Morgan fingerprint density at radius 3 is 2.57 bits per heavy atom. The number of nitrogens with zero attached hydrogens (tertiary/aromatic N) is 3. The number of aromatic nitrogens is 3. The van der Waals surface area contributed by atoms with Gasteiger partial charge in [0.1, 0.15) is 5.82 Å². The molecule has 0 spiro atoms. The van der Waals surface area contributed by atoms with Gasteiger partial charge < -0.3 is 15.2 Å². The third-order valence-electron chi connectivity index (χ3n) is 6.02. The maximum atomic E-state index is 13.1. The number of H-pyrrole nitrogens is 1. The molecule has 0 aliphatic carbocycles. The van der Waals surface area contributed by atoms with Crippen molar-refractivity contribution < 1.29 is 19.1 Å². The van der Waals surface area contributed by atoms with E-state index in [4.69, 9.17) is 15.2 Å².